The molecule has 2 nitrogen and oxygen atoms in total. The topological polar surface area (TPSA) is 38.9 Å². The maximum Gasteiger partial charge on any atom is 0.0946 e. The van der Waals surface area contributed by atoms with Crippen LogP contribution in [0.5, 0.6) is 0 Å². The van der Waals surface area contributed by atoms with E-state index in [9.17, 15) is 0 Å². The van der Waals surface area contributed by atoms with Crippen LogP contribution in [0.3, 0.4) is 0 Å². The van der Waals surface area contributed by atoms with Gasteiger partial charge in [0, 0.05) is 23.0 Å². The van der Waals surface area contributed by atoms with Crippen LogP contribution in [-0.4, -0.2) is 10.5 Å². The van der Waals surface area contributed by atoms with Crippen LogP contribution >= 0.6 is 11.3 Å². The van der Waals surface area contributed by atoms with Gasteiger partial charge in [-0.05, 0) is 38.5 Å². The molecule has 3 heteroatoms. The lowest BCUT2D eigenvalue weighted by Gasteiger charge is -2.36. The molecule has 16 heavy (non-hydrogen) atoms. The van der Waals surface area contributed by atoms with Gasteiger partial charge in [-0.25, -0.2) is 4.98 Å². The fourth-order valence-electron chi connectivity index (χ4n) is 2.62. The Kier molecular flexibility index (Phi) is 3.65. The number of nitrogens with zero attached hydrogens (tertiary/aromatic N) is 1. The number of aromatic nitrogens is 1. The molecule has 90 valence electrons. The number of thiazole rings is 1. The summed E-state index contributed by atoms with van der Waals surface area (Å²) < 4.78 is 0. The number of hydrogen-bond donors (Lipinski definition) is 1. The molecule has 0 atom stereocenters. The first-order valence-electron chi connectivity index (χ1n) is 6.31. The molecular weight excluding hydrogens is 216 g/mol. The second-order valence-electron chi connectivity index (χ2n) is 5.27. The fraction of sp³-hybridized carbons (Fsp3) is 0.769. The van der Waals surface area contributed by atoms with Crippen LogP contribution in [0.15, 0.2) is 5.38 Å². The lowest BCUT2D eigenvalue weighted by atomic mass is 9.75. The Labute approximate surface area is 102 Å². The average Bonchev–Trinajstić information content (AvgIpc) is 2.64. The van der Waals surface area contributed by atoms with Crippen molar-refractivity contribution in [3.8, 4) is 0 Å². The number of aryl methyl sites for hydroxylation is 1. The molecule has 0 bridgehead atoms. The molecule has 2 N–H and O–H groups in total. The van der Waals surface area contributed by atoms with Gasteiger partial charge in [-0.15, -0.1) is 11.3 Å². The van der Waals surface area contributed by atoms with Gasteiger partial charge in [0.1, 0.15) is 0 Å². The second kappa shape index (κ2) is 4.84. The van der Waals surface area contributed by atoms with E-state index in [0.717, 1.165) is 18.0 Å². The Hall–Kier alpha value is -0.410. The molecule has 0 amide bonds. The Morgan fingerprint density at radius 3 is 2.69 bits per heavy atom. The van der Waals surface area contributed by atoms with Crippen molar-refractivity contribution in [3.05, 3.63) is 16.1 Å². The highest BCUT2D eigenvalue weighted by Crippen LogP contribution is 2.34. The largest absolute Gasteiger partial charge is 0.325 e. The van der Waals surface area contributed by atoms with Crippen molar-refractivity contribution in [2.75, 3.05) is 0 Å². The Bertz CT molecular complexity index is 337. The van der Waals surface area contributed by atoms with Crippen LogP contribution in [0.4, 0.5) is 0 Å². The molecule has 1 aliphatic carbocycles. The van der Waals surface area contributed by atoms with Crippen LogP contribution in [-0.2, 0) is 6.42 Å². The Morgan fingerprint density at radius 2 is 2.19 bits per heavy atom. The summed E-state index contributed by atoms with van der Waals surface area (Å²) >= 11 is 1.76. The molecule has 1 heterocycles. The van der Waals surface area contributed by atoms with Crippen molar-refractivity contribution in [1.29, 1.82) is 0 Å². The molecule has 2 rings (SSSR count). The van der Waals surface area contributed by atoms with Gasteiger partial charge in [-0.3, -0.25) is 0 Å². The highest BCUT2D eigenvalue weighted by Gasteiger charge is 2.31. The molecule has 1 aliphatic rings. The number of hydrogen-bond acceptors (Lipinski definition) is 3. The molecule has 0 aliphatic heterocycles. The molecule has 0 spiro atoms. The van der Waals surface area contributed by atoms with Gasteiger partial charge in [0.05, 0.1) is 5.01 Å². The zero-order valence-corrected chi connectivity index (χ0v) is 11.1. The molecule has 1 saturated carbocycles. The van der Waals surface area contributed by atoms with E-state index >= 15 is 0 Å². The molecule has 0 saturated heterocycles. The van der Waals surface area contributed by atoms with Crippen molar-refractivity contribution in [2.45, 2.75) is 57.9 Å². The lowest BCUT2D eigenvalue weighted by Crippen LogP contribution is -2.45. The monoisotopic (exact) mass is 238 g/mol. The smallest absolute Gasteiger partial charge is 0.0946 e. The normalized spacial score (nSPS) is 30.6. The maximum atomic E-state index is 6.48. The van der Waals surface area contributed by atoms with E-state index in [1.54, 1.807) is 11.3 Å². The highest BCUT2D eigenvalue weighted by molar-refractivity contribution is 7.09. The van der Waals surface area contributed by atoms with E-state index < -0.39 is 0 Å². The van der Waals surface area contributed by atoms with E-state index in [-0.39, 0.29) is 5.54 Å². The molecule has 1 aromatic rings. The molecule has 0 unspecified atom stereocenters. The molecule has 0 radical (unpaired) electrons. The summed E-state index contributed by atoms with van der Waals surface area (Å²) in [6, 6.07) is 0. The zero-order valence-electron chi connectivity index (χ0n) is 10.3. The zero-order chi connectivity index (χ0) is 11.6. The third-order valence-electron chi connectivity index (χ3n) is 3.85. The predicted molar refractivity (Wildman–Crippen MR) is 69.7 cm³/mol. The van der Waals surface area contributed by atoms with Crippen LogP contribution < -0.4 is 5.73 Å². The fourth-order valence-corrected chi connectivity index (χ4v) is 3.55. The second-order valence-corrected chi connectivity index (χ2v) is 6.22. The van der Waals surface area contributed by atoms with Crippen LogP contribution in [0, 0.1) is 12.8 Å². The van der Waals surface area contributed by atoms with Gasteiger partial charge >= 0.3 is 0 Å². The van der Waals surface area contributed by atoms with E-state index in [1.807, 2.05) is 0 Å². The van der Waals surface area contributed by atoms with Crippen molar-refractivity contribution >= 4 is 11.3 Å². The van der Waals surface area contributed by atoms with E-state index in [1.165, 1.54) is 37.1 Å². The Morgan fingerprint density at radius 1 is 1.50 bits per heavy atom. The van der Waals surface area contributed by atoms with Gasteiger partial charge in [0.25, 0.3) is 0 Å². The van der Waals surface area contributed by atoms with E-state index in [4.69, 9.17) is 5.73 Å². The molecular formula is C13H22N2S. The van der Waals surface area contributed by atoms with Gasteiger partial charge in [-0.2, -0.15) is 0 Å². The third-order valence-corrected chi connectivity index (χ3v) is 4.81. The first-order valence-corrected chi connectivity index (χ1v) is 7.19. The van der Waals surface area contributed by atoms with Crippen LogP contribution in [0.2, 0.25) is 0 Å². The van der Waals surface area contributed by atoms with Crippen LogP contribution in [0.25, 0.3) is 0 Å². The SMILES string of the molecule is CCC1CCC(N)(Cc2nc(C)cs2)CC1. The summed E-state index contributed by atoms with van der Waals surface area (Å²) in [5.41, 5.74) is 7.64. The van der Waals surface area contributed by atoms with Crippen molar-refractivity contribution in [3.63, 3.8) is 0 Å². The van der Waals surface area contributed by atoms with Crippen molar-refractivity contribution in [2.24, 2.45) is 11.7 Å². The predicted octanol–water partition coefficient (Wildman–Crippen LogP) is 3.29. The maximum absolute atomic E-state index is 6.48. The molecule has 1 fully saturated rings. The van der Waals surface area contributed by atoms with Crippen molar-refractivity contribution in [1.82, 2.24) is 4.98 Å². The van der Waals surface area contributed by atoms with Crippen molar-refractivity contribution < 1.29 is 0 Å². The van der Waals surface area contributed by atoms with Gasteiger partial charge in [0.15, 0.2) is 0 Å². The summed E-state index contributed by atoms with van der Waals surface area (Å²) in [7, 11) is 0. The molecule has 0 aromatic carbocycles. The minimum Gasteiger partial charge on any atom is -0.325 e. The average molecular weight is 238 g/mol. The summed E-state index contributed by atoms with van der Waals surface area (Å²) in [4.78, 5) is 4.53. The highest BCUT2D eigenvalue weighted by atomic mass is 32.1. The summed E-state index contributed by atoms with van der Waals surface area (Å²) in [5.74, 6) is 0.912. The lowest BCUT2D eigenvalue weighted by molar-refractivity contribution is 0.228. The summed E-state index contributed by atoms with van der Waals surface area (Å²) in [6.45, 7) is 4.34. The summed E-state index contributed by atoms with van der Waals surface area (Å²) in [6.07, 6.45) is 7.23. The van der Waals surface area contributed by atoms with Gasteiger partial charge < -0.3 is 5.73 Å². The van der Waals surface area contributed by atoms with Gasteiger partial charge in [0.2, 0.25) is 0 Å². The van der Waals surface area contributed by atoms with Gasteiger partial charge in [-0.1, -0.05) is 13.3 Å². The minimum atomic E-state index is 0.0238. The Balaban J connectivity index is 1.94. The third kappa shape index (κ3) is 2.83. The molecule has 1 aromatic heterocycles. The minimum absolute atomic E-state index is 0.0238. The first kappa shape index (κ1) is 12.1. The summed E-state index contributed by atoms with van der Waals surface area (Å²) in [5, 5.41) is 3.34. The number of rotatable bonds is 3. The van der Waals surface area contributed by atoms with Crippen LogP contribution in [0.1, 0.15) is 49.7 Å². The van der Waals surface area contributed by atoms with E-state index in [0.29, 0.717) is 0 Å². The first-order chi connectivity index (χ1) is 7.61. The quantitative estimate of drug-likeness (QED) is 0.877. The van der Waals surface area contributed by atoms with E-state index in [2.05, 4.69) is 24.2 Å². The standard InChI is InChI=1S/C13H22N2S/c1-3-11-4-6-13(14,7-5-11)8-12-15-10(2)9-16-12/h9,11H,3-8,14H2,1-2H3. The number of nitrogens with two attached hydrogens (primary N) is 1.